The Balaban J connectivity index is 2.12. The van der Waals surface area contributed by atoms with Gasteiger partial charge in [0.2, 0.25) is 0 Å². The fraction of sp³-hybridized carbons (Fsp3) is 0.294. The topological polar surface area (TPSA) is 68.0 Å². The molecule has 2 rings (SSSR count). The Morgan fingerprint density at radius 2 is 2.10 bits per heavy atom. The van der Waals surface area contributed by atoms with Crippen LogP contribution in [-0.4, -0.2) is 16.9 Å². The third kappa shape index (κ3) is 3.81. The summed E-state index contributed by atoms with van der Waals surface area (Å²) in [7, 11) is 0. The molecule has 0 saturated heterocycles. The van der Waals surface area contributed by atoms with Gasteiger partial charge in [0.05, 0.1) is 11.3 Å². The molecular formula is C17H21N3O. The average Bonchev–Trinajstić information content (AvgIpc) is 2.42. The molecule has 0 radical (unpaired) electrons. The number of benzene rings is 1. The highest BCUT2D eigenvalue weighted by Crippen LogP contribution is 2.17. The van der Waals surface area contributed by atoms with Gasteiger partial charge in [0.1, 0.15) is 0 Å². The van der Waals surface area contributed by atoms with Crippen LogP contribution in [0.1, 0.15) is 34.0 Å². The number of primary amides is 1. The second-order valence-electron chi connectivity index (χ2n) is 5.46. The molecule has 4 heteroatoms. The van der Waals surface area contributed by atoms with Gasteiger partial charge in [0, 0.05) is 18.4 Å². The minimum atomic E-state index is -0.468. The number of aryl methyl sites for hydroxylation is 2. The van der Waals surface area contributed by atoms with Gasteiger partial charge in [-0.1, -0.05) is 23.8 Å². The van der Waals surface area contributed by atoms with Crippen LogP contribution in [0.2, 0.25) is 0 Å². The number of nitrogens with one attached hydrogen (secondary N) is 1. The lowest BCUT2D eigenvalue weighted by Crippen LogP contribution is -2.22. The minimum Gasteiger partial charge on any atom is -0.382 e. The molecule has 110 valence electrons. The Morgan fingerprint density at radius 1 is 1.33 bits per heavy atom. The normalized spacial score (nSPS) is 12.0. The summed E-state index contributed by atoms with van der Waals surface area (Å²) in [5.41, 5.74) is 10.4. The lowest BCUT2D eigenvalue weighted by atomic mass is 9.99. The average molecular weight is 283 g/mol. The molecule has 0 bridgehead atoms. The van der Waals surface area contributed by atoms with E-state index in [1.807, 2.05) is 0 Å². The molecule has 0 aliphatic heterocycles. The van der Waals surface area contributed by atoms with Crippen LogP contribution >= 0.6 is 0 Å². The molecule has 2 aromatic rings. The van der Waals surface area contributed by atoms with Gasteiger partial charge in [-0.25, -0.2) is 0 Å². The van der Waals surface area contributed by atoms with Gasteiger partial charge in [0.25, 0.3) is 5.91 Å². The lowest BCUT2D eigenvalue weighted by molar-refractivity contribution is 0.100. The number of nitrogens with two attached hydrogens (primary N) is 1. The van der Waals surface area contributed by atoms with Gasteiger partial charge in [-0.05, 0) is 44.4 Å². The number of hydrogen-bond acceptors (Lipinski definition) is 3. The van der Waals surface area contributed by atoms with Crippen LogP contribution in [0.15, 0.2) is 36.7 Å². The van der Waals surface area contributed by atoms with Crippen molar-refractivity contribution >= 4 is 11.6 Å². The number of hydrogen-bond donors (Lipinski definition) is 2. The quantitative estimate of drug-likeness (QED) is 0.886. The van der Waals surface area contributed by atoms with Crippen molar-refractivity contribution < 1.29 is 4.79 Å². The van der Waals surface area contributed by atoms with Crippen molar-refractivity contribution in [1.82, 2.24) is 4.98 Å². The molecule has 21 heavy (non-hydrogen) atoms. The summed E-state index contributed by atoms with van der Waals surface area (Å²) in [6.45, 7) is 6.30. The van der Waals surface area contributed by atoms with Gasteiger partial charge in [-0.15, -0.1) is 0 Å². The van der Waals surface area contributed by atoms with E-state index in [4.69, 9.17) is 5.73 Å². The number of carbonyl (C=O) groups excluding carboxylic acids is 1. The zero-order valence-corrected chi connectivity index (χ0v) is 12.7. The van der Waals surface area contributed by atoms with E-state index in [0.29, 0.717) is 5.56 Å². The zero-order valence-electron chi connectivity index (χ0n) is 12.7. The van der Waals surface area contributed by atoms with Crippen molar-refractivity contribution in [3.8, 4) is 0 Å². The SMILES string of the molecule is Cc1ccc(CC(C)Nc2ccncc2C(N)=O)c(C)c1. The summed E-state index contributed by atoms with van der Waals surface area (Å²) in [5, 5.41) is 3.34. The number of pyridine rings is 1. The van der Waals surface area contributed by atoms with Gasteiger partial charge in [0.15, 0.2) is 0 Å². The monoisotopic (exact) mass is 283 g/mol. The standard InChI is InChI=1S/C17H21N3O/c1-11-4-5-14(12(2)8-11)9-13(3)20-16-6-7-19-10-15(16)17(18)21/h4-8,10,13H,9H2,1-3H3,(H2,18,21)(H,19,20). The Bertz CT molecular complexity index is 652. The predicted octanol–water partition coefficient (Wildman–Crippen LogP) is 2.84. The van der Waals surface area contributed by atoms with Crippen LogP contribution in [-0.2, 0) is 6.42 Å². The second kappa shape index (κ2) is 6.39. The van der Waals surface area contributed by atoms with E-state index in [2.05, 4.69) is 49.3 Å². The van der Waals surface area contributed by atoms with Gasteiger partial charge >= 0.3 is 0 Å². The number of rotatable bonds is 5. The lowest BCUT2D eigenvalue weighted by Gasteiger charge is -2.18. The highest BCUT2D eigenvalue weighted by Gasteiger charge is 2.11. The number of anilines is 1. The van der Waals surface area contributed by atoms with Crippen molar-refractivity contribution in [2.45, 2.75) is 33.2 Å². The molecular weight excluding hydrogens is 262 g/mol. The van der Waals surface area contributed by atoms with Crippen molar-refractivity contribution in [3.63, 3.8) is 0 Å². The van der Waals surface area contributed by atoms with Crippen LogP contribution in [0.3, 0.4) is 0 Å². The number of amides is 1. The molecule has 1 heterocycles. The molecule has 0 fully saturated rings. The van der Waals surface area contributed by atoms with Gasteiger partial charge < -0.3 is 11.1 Å². The summed E-state index contributed by atoms with van der Waals surface area (Å²) in [5.74, 6) is -0.468. The van der Waals surface area contributed by atoms with Gasteiger partial charge in [-0.2, -0.15) is 0 Å². The van der Waals surface area contributed by atoms with Crippen LogP contribution in [0.25, 0.3) is 0 Å². The van der Waals surface area contributed by atoms with Crippen LogP contribution < -0.4 is 11.1 Å². The second-order valence-corrected chi connectivity index (χ2v) is 5.46. The Hall–Kier alpha value is -2.36. The number of aromatic nitrogens is 1. The largest absolute Gasteiger partial charge is 0.382 e. The summed E-state index contributed by atoms with van der Waals surface area (Å²) < 4.78 is 0. The molecule has 3 N–H and O–H groups in total. The zero-order chi connectivity index (χ0) is 15.4. The number of carbonyl (C=O) groups is 1. The van der Waals surface area contributed by atoms with E-state index in [-0.39, 0.29) is 6.04 Å². The number of nitrogens with zero attached hydrogens (tertiary/aromatic N) is 1. The van der Waals surface area contributed by atoms with E-state index in [9.17, 15) is 4.79 Å². The molecule has 1 aromatic heterocycles. The maximum Gasteiger partial charge on any atom is 0.252 e. The first-order chi connectivity index (χ1) is 9.97. The van der Waals surface area contributed by atoms with E-state index < -0.39 is 5.91 Å². The first-order valence-corrected chi connectivity index (χ1v) is 7.04. The third-order valence-electron chi connectivity index (χ3n) is 3.51. The summed E-state index contributed by atoms with van der Waals surface area (Å²) in [6.07, 6.45) is 4.03. The fourth-order valence-electron chi connectivity index (χ4n) is 2.44. The molecule has 0 aliphatic rings. The molecule has 1 atom stereocenters. The highest BCUT2D eigenvalue weighted by molar-refractivity contribution is 5.98. The Morgan fingerprint density at radius 3 is 2.76 bits per heavy atom. The predicted molar refractivity (Wildman–Crippen MR) is 85.5 cm³/mol. The van der Waals surface area contributed by atoms with E-state index in [1.54, 1.807) is 12.3 Å². The Labute approximate surface area is 125 Å². The van der Waals surface area contributed by atoms with Crippen molar-refractivity contribution in [1.29, 1.82) is 0 Å². The van der Waals surface area contributed by atoms with Crippen molar-refractivity contribution in [3.05, 3.63) is 58.9 Å². The minimum absolute atomic E-state index is 0.187. The molecule has 0 saturated carbocycles. The van der Waals surface area contributed by atoms with E-state index in [0.717, 1.165) is 12.1 Å². The molecule has 1 unspecified atom stereocenters. The fourth-order valence-corrected chi connectivity index (χ4v) is 2.44. The van der Waals surface area contributed by atoms with Crippen molar-refractivity contribution in [2.75, 3.05) is 5.32 Å². The maximum absolute atomic E-state index is 11.4. The molecule has 1 amide bonds. The molecule has 0 aliphatic carbocycles. The first kappa shape index (κ1) is 15.0. The van der Waals surface area contributed by atoms with Crippen LogP contribution in [0.5, 0.6) is 0 Å². The smallest absolute Gasteiger partial charge is 0.252 e. The highest BCUT2D eigenvalue weighted by atomic mass is 16.1. The Kier molecular flexibility index (Phi) is 4.58. The summed E-state index contributed by atoms with van der Waals surface area (Å²) in [4.78, 5) is 15.3. The van der Waals surface area contributed by atoms with Crippen molar-refractivity contribution in [2.24, 2.45) is 5.73 Å². The van der Waals surface area contributed by atoms with E-state index in [1.165, 1.54) is 22.9 Å². The van der Waals surface area contributed by atoms with Crippen LogP contribution in [0.4, 0.5) is 5.69 Å². The summed E-state index contributed by atoms with van der Waals surface area (Å²) in [6, 6.07) is 8.43. The van der Waals surface area contributed by atoms with Gasteiger partial charge in [-0.3, -0.25) is 9.78 Å². The summed E-state index contributed by atoms with van der Waals surface area (Å²) >= 11 is 0. The first-order valence-electron chi connectivity index (χ1n) is 7.04. The third-order valence-corrected chi connectivity index (χ3v) is 3.51. The molecule has 4 nitrogen and oxygen atoms in total. The van der Waals surface area contributed by atoms with E-state index >= 15 is 0 Å². The van der Waals surface area contributed by atoms with Crippen LogP contribution in [0, 0.1) is 13.8 Å². The maximum atomic E-state index is 11.4. The molecule has 1 aromatic carbocycles. The molecule has 0 spiro atoms.